The molecule has 0 bridgehead atoms. The number of nitrogens with zero attached hydrogens (tertiary/aromatic N) is 1. The third kappa shape index (κ3) is 4.45. The van der Waals surface area contributed by atoms with Crippen LogP contribution < -0.4 is 10.1 Å². The SMILES string of the molecule is Cc1ccc(O[C@@H](C)C(=O)NCc2ccccc2Cl)c([N+](=O)[O-])c1. The standard InChI is InChI=1S/C17H17ClN2O4/c1-11-7-8-16(15(9-11)20(22)23)24-12(2)17(21)19-10-13-5-3-4-6-14(13)18/h3-9,12H,10H2,1-2H3,(H,19,21)/t12-/m0/s1. The van der Waals surface area contributed by atoms with Crippen LogP contribution in [0.25, 0.3) is 0 Å². The number of nitro benzene ring substituents is 1. The highest BCUT2D eigenvalue weighted by atomic mass is 35.5. The maximum Gasteiger partial charge on any atom is 0.311 e. The Morgan fingerprint density at radius 3 is 2.71 bits per heavy atom. The molecule has 0 radical (unpaired) electrons. The minimum Gasteiger partial charge on any atom is -0.474 e. The van der Waals surface area contributed by atoms with Gasteiger partial charge in [-0.1, -0.05) is 35.9 Å². The highest BCUT2D eigenvalue weighted by Gasteiger charge is 2.21. The normalized spacial score (nSPS) is 11.6. The Morgan fingerprint density at radius 2 is 2.04 bits per heavy atom. The molecule has 0 aliphatic heterocycles. The maximum absolute atomic E-state index is 12.1. The van der Waals surface area contributed by atoms with Gasteiger partial charge in [-0.25, -0.2) is 0 Å². The van der Waals surface area contributed by atoms with Gasteiger partial charge in [0.2, 0.25) is 0 Å². The molecule has 0 saturated heterocycles. The molecule has 0 fully saturated rings. The van der Waals surface area contributed by atoms with Crippen LogP contribution in [0.15, 0.2) is 42.5 Å². The van der Waals surface area contributed by atoms with Gasteiger partial charge in [-0.05, 0) is 37.1 Å². The Hall–Kier alpha value is -2.60. The summed E-state index contributed by atoms with van der Waals surface area (Å²) in [4.78, 5) is 22.7. The fourth-order valence-electron chi connectivity index (χ4n) is 2.08. The van der Waals surface area contributed by atoms with Gasteiger partial charge in [0.15, 0.2) is 11.9 Å². The molecule has 1 atom stereocenters. The van der Waals surface area contributed by atoms with Gasteiger partial charge in [-0.15, -0.1) is 0 Å². The number of ether oxygens (including phenoxy) is 1. The number of rotatable bonds is 6. The van der Waals surface area contributed by atoms with Crippen molar-refractivity contribution < 1.29 is 14.5 Å². The number of benzene rings is 2. The number of carbonyl (C=O) groups is 1. The van der Waals surface area contributed by atoms with Gasteiger partial charge in [-0.3, -0.25) is 14.9 Å². The van der Waals surface area contributed by atoms with Crippen LogP contribution in [0.4, 0.5) is 5.69 Å². The topological polar surface area (TPSA) is 81.5 Å². The van der Waals surface area contributed by atoms with Crippen LogP contribution in [0.5, 0.6) is 5.75 Å². The number of nitro groups is 1. The average Bonchev–Trinajstić information content (AvgIpc) is 2.55. The van der Waals surface area contributed by atoms with Crippen LogP contribution in [-0.2, 0) is 11.3 Å². The number of carbonyl (C=O) groups excluding carboxylic acids is 1. The zero-order chi connectivity index (χ0) is 17.7. The number of halogens is 1. The van der Waals surface area contributed by atoms with Crippen molar-refractivity contribution in [2.24, 2.45) is 0 Å². The second-order valence-electron chi connectivity index (χ2n) is 5.30. The van der Waals surface area contributed by atoms with Crippen LogP contribution in [0.2, 0.25) is 5.02 Å². The Kier molecular flexibility index (Phi) is 5.76. The van der Waals surface area contributed by atoms with Crippen molar-refractivity contribution >= 4 is 23.2 Å². The molecule has 24 heavy (non-hydrogen) atoms. The molecule has 1 amide bonds. The monoisotopic (exact) mass is 348 g/mol. The lowest BCUT2D eigenvalue weighted by molar-refractivity contribution is -0.386. The summed E-state index contributed by atoms with van der Waals surface area (Å²) in [5.74, 6) is -0.323. The summed E-state index contributed by atoms with van der Waals surface area (Å²) in [6.07, 6.45) is -0.881. The molecular weight excluding hydrogens is 332 g/mol. The van der Waals surface area contributed by atoms with Crippen molar-refractivity contribution in [3.05, 3.63) is 68.7 Å². The van der Waals surface area contributed by atoms with Crippen molar-refractivity contribution in [1.82, 2.24) is 5.32 Å². The van der Waals surface area contributed by atoms with E-state index in [2.05, 4.69) is 5.32 Å². The fraction of sp³-hybridized carbons (Fsp3) is 0.235. The first kappa shape index (κ1) is 17.7. The van der Waals surface area contributed by atoms with Crippen molar-refractivity contribution in [2.45, 2.75) is 26.5 Å². The Morgan fingerprint density at radius 1 is 1.33 bits per heavy atom. The molecule has 2 rings (SSSR count). The third-order valence-electron chi connectivity index (χ3n) is 3.40. The van der Waals surface area contributed by atoms with Gasteiger partial charge in [0, 0.05) is 17.6 Å². The summed E-state index contributed by atoms with van der Waals surface area (Å²) in [5, 5.41) is 14.3. The summed E-state index contributed by atoms with van der Waals surface area (Å²) >= 11 is 6.03. The molecule has 6 nitrogen and oxygen atoms in total. The van der Waals surface area contributed by atoms with E-state index in [0.717, 1.165) is 11.1 Å². The number of hydrogen-bond donors (Lipinski definition) is 1. The van der Waals surface area contributed by atoms with Crippen LogP contribution in [0.3, 0.4) is 0 Å². The zero-order valence-electron chi connectivity index (χ0n) is 13.3. The van der Waals surface area contributed by atoms with Crippen LogP contribution in [0.1, 0.15) is 18.1 Å². The van der Waals surface area contributed by atoms with Crippen LogP contribution in [0, 0.1) is 17.0 Å². The summed E-state index contributed by atoms with van der Waals surface area (Å²) in [5.41, 5.74) is 1.35. The van der Waals surface area contributed by atoms with E-state index in [1.165, 1.54) is 19.1 Å². The first-order chi connectivity index (χ1) is 11.4. The smallest absolute Gasteiger partial charge is 0.311 e. The minimum absolute atomic E-state index is 0.0611. The minimum atomic E-state index is -0.881. The average molecular weight is 349 g/mol. The van der Waals surface area contributed by atoms with Gasteiger partial charge >= 0.3 is 5.69 Å². The molecule has 0 aliphatic carbocycles. The van der Waals surface area contributed by atoms with E-state index in [1.807, 2.05) is 6.07 Å². The molecule has 0 unspecified atom stereocenters. The van der Waals surface area contributed by atoms with Gasteiger partial charge in [0.05, 0.1) is 4.92 Å². The Balaban J connectivity index is 2.02. The molecule has 0 spiro atoms. The molecule has 0 heterocycles. The predicted molar refractivity (Wildman–Crippen MR) is 91.2 cm³/mol. The lowest BCUT2D eigenvalue weighted by Gasteiger charge is -2.15. The number of nitrogens with one attached hydrogen (secondary N) is 1. The highest BCUT2D eigenvalue weighted by Crippen LogP contribution is 2.28. The van der Waals surface area contributed by atoms with Crippen LogP contribution >= 0.6 is 11.6 Å². The van der Waals surface area contributed by atoms with E-state index in [-0.39, 0.29) is 23.9 Å². The lowest BCUT2D eigenvalue weighted by atomic mass is 10.2. The molecule has 2 aromatic rings. The van der Waals surface area contributed by atoms with E-state index < -0.39 is 11.0 Å². The molecule has 1 N–H and O–H groups in total. The Bertz CT molecular complexity index is 764. The van der Waals surface area contributed by atoms with Crippen molar-refractivity contribution in [2.75, 3.05) is 0 Å². The maximum atomic E-state index is 12.1. The number of amides is 1. The number of aryl methyl sites for hydroxylation is 1. The largest absolute Gasteiger partial charge is 0.474 e. The van der Waals surface area contributed by atoms with Gasteiger partial charge in [0.1, 0.15) is 0 Å². The molecule has 0 saturated carbocycles. The zero-order valence-corrected chi connectivity index (χ0v) is 14.0. The first-order valence-corrected chi connectivity index (χ1v) is 7.69. The number of hydrogen-bond acceptors (Lipinski definition) is 4. The van der Waals surface area contributed by atoms with Crippen molar-refractivity contribution in [3.63, 3.8) is 0 Å². The predicted octanol–water partition coefficient (Wildman–Crippen LogP) is 3.64. The van der Waals surface area contributed by atoms with E-state index in [0.29, 0.717) is 5.02 Å². The fourth-order valence-corrected chi connectivity index (χ4v) is 2.28. The van der Waals surface area contributed by atoms with Gasteiger partial charge in [0.25, 0.3) is 5.91 Å². The molecule has 126 valence electrons. The van der Waals surface area contributed by atoms with Crippen molar-refractivity contribution in [3.8, 4) is 5.75 Å². The third-order valence-corrected chi connectivity index (χ3v) is 3.76. The molecule has 7 heteroatoms. The molecule has 0 aliphatic rings. The van der Waals surface area contributed by atoms with Crippen LogP contribution in [-0.4, -0.2) is 16.9 Å². The lowest BCUT2D eigenvalue weighted by Crippen LogP contribution is -2.36. The van der Waals surface area contributed by atoms with Gasteiger partial charge < -0.3 is 10.1 Å². The molecule has 0 aromatic heterocycles. The van der Waals surface area contributed by atoms with E-state index in [1.54, 1.807) is 31.2 Å². The van der Waals surface area contributed by atoms with E-state index in [9.17, 15) is 14.9 Å². The molecular formula is C17H17ClN2O4. The van der Waals surface area contributed by atoms with Crippen molar-refractivity contribution in [1.29, 1.82) is 0 Å². The highest BCUT2D eigenvalue weighted by molar-refractivity contribution is 6.31. The Labute approximate surface area is 144 Å². The first-order valence-electron chi connectivity index (χ1n) is 7.31. The van der Waals surface area contributed by atoms with Gasteiger partial charge in [-0.2, -0.15) is 0 Å². The quantitative estimate of drug-likeness (QED) is 0.638. The second-order valence-corrected chi connectivity index (χ2v) is 5.70. The summed E-state index contributed by atoms with van der Waals surface area (Å²) in [6, 6.07) is 11.8. The molecule has 2 aromatic carbocycles. The summed E-state index contributed by atoms with van der Waals surface area (Å²) in [7, 11) is 0. The van der Waals surface area contributed by atoms with E-state index in [4.69, 9.17) is 16.3 Å². The van der Waals surface area contributed by atoms with E-state index >= 15 is 0 Å². The summed E-state index contributed by atoms with van der Waals surface area (Å²) < 4.78 is 5.46. The second kappa shape index (κ2) is 7.79. The summed E-state index contributed by atoms with van der Waals surface area (Å²) in [6.45, 7) is 3.53.